The zero-order valence-corrected chi connectivity index (χ0v) is 24.0. The first kappa shape index (κ1) is 26.2. The lowest BCUT2D eigenvalue weighted by Crippen LogP contribution is -2.39. The number of ketones is 1. The SMILES string of the molecule is CCN(CC)c1ccc(C2C3=C(CC(C)(C)CC3=O)Nc3ccccc3N2C(=O)c2ccc(Br)cc2)cc1. The fourth-order valence-electron chi connectivity index (χ4n) is 5.71. The van der Waals surface area contributed by atoms with Crippen LogP contribution in [0, 0.1) is 5.41 Å². The Morgan fingerprint density at radius 1 is 0.974 bits per heavy atom. The van der Waals surface area contributed by atoms with Gasteiger partial charge in [-0.1, -0.05) is 54.0 Å². The van der Waals surface area contributed by atoms with Gasteiger partial charge in [0.05, 0.1) is 17.4 Å². The third-order valence-corrected chi connectivity index (χ3v) is 8.08. The highest BCUT2D eigenvalue weighted by atomic mass is 79.9. The minimum absolute atomic E-state index is 0.0861. The number of hydrogen-bond donors (Lipinski definition) is 1. The summed E-state index contributed by atoms with van der Waals surface area (Å²) >= 11 is 3.48. The third kappa shape index (κ3) is 4.90. The van der Waals surface area contributed by atoms with Crippen LogP contribution >= 0.6 is 15.9 Å². The predicted molar refractivity (Wildman–Crippen MR) is 159 cm³/mol. The summed E-state index contributed by atoms with van der Waals surface area (Å²) in [5.41, 5.74) is 5.63. The number of anilines is 3. The number of Topliss-reactive ketones (excluding diaryl/α,β-unsaturated/α-hetero) is 1. The van der Waals surface area contributed by atoms with Crippen molar-refractivity contribution in [3.8, 4) is 0 Å². The van der Waals surface area contributed by atoms with E-state index in [1.54, 1.807) is 0 Å². The molecule has 38 heavy (non-hydrogen) atoms. The van der Waals surface area contributed by atoms with E-state index in [2.05, 4.69) is 78.1 Å². The Hall–Kier alpha value is -3.38. The Labute approximate surface area is 233 Å². The average Bonchev–Trinajstić information content (AvgIpc) is 3.03. The van der Waals surface area contributed by atoms with E-state index in [-0.39, 0.29) is 17.1 Å². The van der Waals surface area contributed by atoms with Crippen LogP contribution in [0.25, 0.3) is 0 Å². The molecule has 1 atom stereocenters. The second kappa shape index (κ2) is 10.4. The maximum Gasteiger partial charge on any atom is 0.259 e. The van der Waals surface area contributed by atoms with E-state index in [1.807, 2.05) is 53.4 Å². The molecule has 5 rings (SSSR count). The van der Waals surface area contributed by atoms with Crippen molar-refractivity contribution < 1.29 is 9.59 Å². The molecule has 1 unspecified atom stereocenters. The third-order valence-electron chi connectivity index (χ3n) is 7.55. The van der Waals surface area contributed by atoms with E-state index in [0.717, 1.165) is 52.3 Å². The van der Waals surface area contributed by atoms with Crippen molar-refractivity contribution in [2.45, 2.75) is 46.6 Å². The molecule has 1 aliphatic heterocycles. The highest BCUT2D eigenvalue weighted by Crippen LogP contribution is 2.48. The number of hydrogen-bond acceptors (Lipinski definition) is 4. The van der Waals surface area contributed by atoms with Crippen molar-refractivity contribution in [3.63, 3.8) is 0 Å². The Bertz CT molecular complexity index is 1390. The van der Waals surface area contributed by atoms with Gasteiger partial charge in [-0.3, -0.25) is 14.5 Å². The molecule has 3 aromatic carbocycles. The summed E-state index contributed by atoms with van der Waals surface area (Å²) in [6.45, 7) is 10.4. The number of allylic oxidation sites excluding steroid dienone is 1. The summed E-state index contributed by atoms with van der Waals surface area (Å²) in [5.74, 6) is -0.0565. The number of carbonyl (C=O) groups excluding carboxylic acids is 2. The molecule has 0 saturated heterocycles. The quantitative estimate of drug-likeness (QED) is 0.340. The van der Waals surface area contributed by atoms with E-state index >= 15 is 0 Å². The first-order valence-corrected chi connectivity index (χ1v) is 14.1. The number of carbonyl (C=O) groups is 2. The highest BCUT2D eigenvalue weighted by molar-refractivity contribution is 9.10. The molecule has 1 amide bonds. The molecule has 2 aliphatic rings. The van der Waals surface area contributed by atoms with Crippen LogP contribution in [0.4, 0.5) is 17.1 Å². The summed E-state index contributed by atoms with van der Waals surface area (Å²) in [6.07, 6.45) is 1.18. The Balaban J connectivity index is 1.74. The molecule has 5 nitrogen and oxygen atoms in total. The summed E-state index contributed by atoms with van der Waals surface area (Å²) in [5, 5.41) is 3.59. The van der Waals surface area contributed by atoms with E-state index in [9.17, 15) is 9.59 Å². The molecule has 0 bridgehead atoms. The minimum Gasteiger partial charge on any atom is -0.372 e. The summed E-state index contributed by atoms with van der Waals surface area (Å²) in [7, 11) is 0. The van der Waals surface area contributed by atoms with Crippen LogP contribution in [-0.4, -0.2) is 24.8 Å². The van der Waals surface area contributed by atoms with Crippen LogP contribution in [0.5, 0.6) is 0 Å². The molecule has 0 aromatic heterocycles. The lowest BCUT2D eigenvalue weighted by Gasteiger charge is -2.37. The minimum atomic E-state index is -0.549. The number of fused-ring (bicyclic) bond motifs is 1. The van der Waals surface area contributed by atoms with Crippen molar-refractivity contribution in [2.75, 3.05) is 28.2 Å². The fraction of sp³-hybridized carbons (Fsp3) is 0.312. The van der Waals surface area contributed by atoms with E-state index in [1.165, 1.54) is 0 Å². The van der Waals surface area contributed by atoms with Gasteiger partial charge in [-0.05, 0) is 79.8 Å². The van der Waals surface area contributed by atoms with Crippen molar-refractivity contribution in [3.05, 3.63) is 99.7 Å². The summed E-state index contributed by atoms with van der Waals surface area (Å²) in [6, 6.07) is 23.1. The van der Waals surface area contributed by atoms with Crippen LogP contribution in [0.2, 0.25) is 0 Å². The molecular formula is C32H34BrN3O2. The lowest BCUT2D eigenvalue weighted by atomic mass is 9.73. The number of para-hydroxylation sites is 2. The topological polar surface area (TPSA) is 52.7 Å². The molecular weight excluding hydrogens is 538 g/mol. The van der Waals surface area contributed by atoms with Gasteiger partial charge in [0.1, 0.15) is 0 Å². The number of rotatable bonds is 5. The van der Waals surface area contributed by atoms with E-state index in [4.69, 9.17) is 0 Å². The van der Waals surface area contributed by atoms with Crippen LogP contribution in [0.1, 0.15) is 62.5 Å². The normalized spacial score (nSPS) is 18.3. The van der Waals surface area contributed by atoms with Crippen molar-refractivity contribution in [2.24, 2.45) is 5.41 Å². The van der Waals surface area contributed by atoms with Crippen molar-refractivity contribution >= 4 is 44.7 Å². The lowest BCUT2D eigenvalue weighted by molar-refractivity contribution is -0.118. The first-order chi connectivity index (χ1) is 18.2. The van der Waals surface area contributed by atoms with Crippen molar-refractivity contribution in [1.29, 1.82) is 0 Å². The second-order valence-corrected chi connectivity index (χ2v) is 11.7. The molecule has 3 aromatic rings. The summed E-state index contributed by atoms with van der Waals surface area (Å²) < 4.78 is 0.908. The standard InChI is InChI=1S/C32H34BrN3O2/c1-5-35(6-2)24-17-13-21(14-18-24)30-29-26(19-32(3,4)20-28(29)37)34-25-9-7-8-10-27(25)36(30)31(38)22-11-15-23(33)16-12-22/h7-18,30,34H,5-6,19-20H2,1-4H3. The number of amides is 1. The van der Waals surface area contributed by atoms with Gasteiger partial charge in [0.15, 0.2) is 5.78 Å². The molecule has 0 fully saturated rings. The van der Waals surface area contributed by atoms with Crippen LogP contribution in [0.15, 0.2) is 88.5 Å². The van der Waals surface area contributed by atoms with Gasteiger partial charge in [-0.25, -0.2) is 0 Å². The molecule has 1 N–H and O–H groups in total. The average molecular weight is 573 g/mol. The maximum absolute atomic E-state index is 14.3. The van der Waals surface area contributed by atoms with Gasteiger partial charge in [-0.15, -0.1) is 0 Å². The highest BCUT2D eigenvalue weighted by Gasteiger charge is 2.43. The van der Waals surface area contributed by atoms with Gasteiger partial charge >= 0.3 is 0 Å². The molecule has 1 heterocycles. The summed E-state index contributed by atoms with van der Waals surface area (Å²) in [4.78, 5) is 32.3. The number of nitrogens with one attached hydrogen (secondary N) is 1. The molecule has 196 valence electrons. The largest absolute Gasteiger partial charge is 0.372 e. The number of nitrogens with zero attached hydrogens (tertiary/aromatic N) is 2. The van der Waals surface area contributed by atoms with Crippen LogP contribution in [0.3, 0.4) is 0 Å². The molecule has 6 heteroatoms. The Morgan fingerprint density at radius 2 is 1.63 bits per heavy atom. The molecule has 0 radical (unpaired) electrons. The zero-order valence-electron chi connectivity index (χ0n) is 22.4. The monoisotopic (exact) mass is 571 g/mol. The van der Waals surface area contributed by atoms with E-state index < -0.39 is 6.04 Å². The van der Waals surface area contributed by atoms with Gasteiger partial charge in [0.2, 0.25) is 0 Å². The Kier molecular flexibility index (Phi) is 7.19. The van der Waals surface area contributed by atoms with Gasteiger partial charge in [-0.2, -0.15) is 0 Å². The van der Waals surface area contributed by atoms with Gasteiger partial charge in [0, 0.05) is 46.5 Å². The number of benzene rings is 3. The second-order valence-electron chi connectivity index (χ2n) is 10.8. The van der Waals surface area contributed by atoms with E-state index in [0.29, 0.717) is 17.6 Å². The van der Waals surface area contributed by atoms with Crippen LogP contribution < -0.4 is 15.1 Å². The van der Waals surface area contributed by atoms with Crippen LogP contribution in [-0.2, 0) is 4.79 Å². The first-order valence-electron chi connectivity index (χ1n) is 13.3. The molecule has 1 aliphatic carbocycles. The van der Waals surface area contributed by atoms with Crippen molar-refractivity contribution in [1.82, 2.24) is 0 Å². The molecule has 0 saturated carbocycles. The zero-order chi connectivity index (χ0) is 27.0. The maximum atomic E-state index is 14.3. The smallest absolute Gasteiger partial charge is 0.259 e. The number of halogens is 1. The van der Waals surface area contributed by atoms with Gasteiger partial charge < -0.3 is 10.2 Å². The van der Waals surface area contributed by atoms with Gasteiger partial charge in [0.25, 0.3) is 5.91 Å². The molecule has 0 spiro atoms. The predicted octanol–water partition coefficient (Wildman–Crippen LogP) is 7.75. The fourth-order valence-corrected chi connectivity index (χ4v) is 5.98. The Morgan fingerprint density at radius 3 is 2.29 bits per heavy atom.